The monoisotopic (exact) mass is 277 g/mol. The number of allylic oxidation sites excluding steroid dienone is 2. The molecule has 0 aromatic rings. The highest BCUT2D eigenvalue weighted by molar-refractivity contribution is 5.96. The molecule has 0 radical (unpaired) electrons. The number of rotatable bonds is 6. The Labute approximate surface area is 118 Å². The van der Waals surface area contributed by atoms with Crippen LogP contribution in [0, 0.1) is 0 Å². The molecule has 0 bridgehead atoms. The lowest BCUT2D eigenvalue weighted by Crippen LogP contribution is -2.26. The Morgan fingerprint density at radius 1 is 1.05 bits per heavy atom. The Morgan fingerprint density at radius 2 is 1.45 bits per heavy atom. The van der Waals surface area contributed by atoms with Gasteiger partial charge in [-0.25, -0.2) is 9.59 Å². The van der Waals surface area contributed by atoms with E-state index in [4.69, 9.17) is 9.47 Å². The predicted molar refractivity (Wildman–Crippen MR) is 75.5 cm³/mol. The van der Waals surface area contributed by atoms with Crippen LogP contribution in [0.3, 0.4) is 0 Å². The van der Waals surface area contributed by atoms with Gasteiger partial charge in [-0.2, -0.15) is 0 Å². The minimum absolute atomic E-state index is 0.133. The van der Waals surface area contributed by atoms with Gasteiger partial charge in [0, 0.05) is 17.8 Å². The summed E-state index contributed by atoms with van der Waals surface area (Å²) in [5.74, 6) is -0.923. The molecule has 0 aromatic carbocycles. The third-order valence-electron chi connectivity index (χ3n) is 2.79. The van der Waals surface area contributed by atoms with Crippen molar-refractivity contribution in [3.05, 3.63) is 47.9 Å². The maximum Gasteiger partial charge on any atom is 0.336 e. The van der Waals surface area contributed by atoms with Crippen LogP contribution in [-0.2, 0) is 19.1 Å². The van der Waals surface area contributed by atoms with E-state index in [0.717, 1.165) is 0 Å². The number of dihydropyridines is 1. The van der Waals surface area contributed by atoms with E-state index in [9.17, 15) is 9.59 Å². The molecular weight excluding hydrogens is 258 g/mol. The number of hydrogen-bond acceptors (Lipinski definition) is 5. The number of carbonyl (C=O) groups is 2. The second kappa shape index (κ2) is 7.33. The first-order valence-electron chi connectivity index (χ1n) is 6.23. The number of carbonyl (C=O) groups excluding carboxylic acids is 2. The van der Waals surface area contributed by atoms with Crippen molar-refractivity contribution >= 4 is 11.9 Å². The Bertz CT molecular complexity index is 456. The standard InChI is InChI=1S/C15H19NO4/c1-5-7-19-14(17)12-9-13(11(4)16-10(12)3)15(18)20-8-6-2/h5-6,16H,1-2,7-9H2,3-4H3. The highest BCUT2D eigenvalue weighted by atomic mass is 16.5. The molecule has 0 unspecified atom stereocenters. The van der Waals surface area contributed by atoms with Crippen molar-refractivity contribution in [2.24, 2.45) is 0 Å². The van der Waals surface area contributed by atoms with Gasteiger partial charge in [-0.05, 0) is 13.8 Å². The van der Waals surface area contributed by atoms with Gasteiger partial charge in [0.2, 0.25) is 0 Å². The van der Waals surface area contributed by atoms with Gasteiger partial charge in [-0.1, -0.05) is 25.3 Å². The summed E-state index contributed by atoms with van der Waals surface area (Å²) in [5.41, 5.74) is 2.19. The number of ether oxygens (including phenoxy) is 2. The molecule has 0 fully saturated rings. The summed E-state index contributed by atoms with van der Waals surface area (Å²) >= 11 is 0. The zero-order chi connectivity index (χ0) is 15.1. The van der Waals surface area contributed by atoms with Crippen LogP contribution in [0.25, 0.3) is 0 Å². The Hall–Kier alpha value is -2.30. The summed E-state index contributed by atoms with van der Waals surface area (Å²) in [6.45, 7) is 10.8. The molecule has 108 valence electrons. The molecule has 0 aliphatic carbocycles. The van der Waals surface area contributed by atoms with Crippen molar-refractivity contribution in [1.82, 2.24) is 5.32 Å². The Morgan fingerprint density at radius 3 is 1.80 bits per heavy atom. The average molecular weight is 277 g/mol. The van der Waals surface area contributed by atoms with E-state index in [1.54, 1.807) is 13.8 Å². The van der Waals surface area contributed by atoms with Crippen molar-refractivity contribution in [1.29, 1.82) is 0 Å². The molecular formula is C15H19NO4. The van der Waals surface area contributed by atoms with Crippen molar-refractivity contribution in [3.63, 3.8) is 0 Å². The van der Waals surface area contributed by atoms with Gasteiger partial charge in [-0.15, -0.1) is 0 Å². The SMILES string of the molecule is C=CCOC(=O)C1=C(C)NC(C)=C(C(=O)OCC=C)C1. The van der Waals surface area contributed by atoms with Gasteiger partial charge in [0.05, 0.1) is 11.1 Å². The molecule has 0 spiro atoms. The second-order valence-electron chi connectivity index (χ2n) is 4.28. The largest absolute Gasteiger partial charge is 0.458 e. The van der Waals surface area contributed by atoms with Crippen LogP contribution in [0.4, 0.5) is 0 Å². The van der Waals surface area contributed by atoms with Crippen molar-refractivity contribution < 1.29 is 19.1 Å². The summed E-state index contributed by atoms with van der Waals surface area (Å²) in [5, 5.41) is 3.00. The molecule has 0 saturated heterocycles. The van der Waals surface area contributed by atoms with Crippen LogP contribution in [-0.4, -0.2) is 25.2 Å². The Balaban J connectivity index is 2.84. The summed E-state index contributed by atoms with van der Waals surface area (Å²) in [6.07, 6.45) is 3.17. The normalized spacial score (nSPS) is 14.5. The van der Waals surface area contributed by atoms with Crippen LogP contribution in [0.15, 0.2) is 47.9 Å². The molecule has 0 saturated carbocycles. The van der Waals surface area contributed by atoms with E-state index >= 15 is 0 Å². The van der Waals surface area contributed by atoms with Crippen molar-refractivity contribution in [2.75, 3.05) is 13.2 Å². The summed E-state index contributed by atoms with van der Waals surface area (Å²) in [6, 6.07) is 0. The van der Waals surface area contributed by atoms with E-state index in [1.807, 2.05) is 0 Å². The van der Waals surface area contributed by atoms with Gasteiger partial charge in [0.15, 0.2) is 0 Å². The third kappa shape index (κ3) is 3.85. The molecule has 5 heteroatoms. The summed E-state index contributed by atoms with van der Waals surface area (Å²) in [4.78, 5) is 23.8. The number of nitrogens with one attached hydrogen (secondary N) is 1. The van der Waals surface area contributed by atoms with Gasteiger partial charge in [-0.3, -0.25) is 0 Å². The lowest BCUT2D eigenvalue weighted by Gasteiger charge is -2.22. The van der Waals surface area contributed by atoms with Crippen LogP contribution >= 0.6 is 0 Å². The number of esters is 2. The highest BCUT2D eigenvalue weighted by Gasteiger charge is 2.26. The molecule has 5 nitrogen and oxygen atoms in total. The predicted octanol–water partition coefficient (Wildman–Crippen LogP) is 1.99. The van der Waals surface area contributed by atoms with Gasteiger partial charge in [0.1, 0.15) is 13.2 Å². The van der Waals surface area contributed by atoms with Crippen LogP contribution in [0.1, 0.15) is 20.3 Å². The van der Waals surface area contributed by atoms with Crippen molar-refractivity contribution in [3.8, 4) is 0 Å². The molecule has 0 atom stereocenters. The molecule has 0 amide bonds. The molecule has 1 rings (SSSR count). The van der Waals surface area contributed by atoms with Gasteiger partial charge >= 0.3 is 11.9 Å². The average Bonchev–Trinajstić information content (AvgIpc) is 2.42. The first-order valence-corrected chi connectivity index (χ1v) is 6.23. The smallest absolute Gasteiger partial charge is 0.336 e. The third-order valence-corrected chi connectivity index (χ3v) is 2.79. The molecule has 1 heterocycles. The fourth-order valence-corrected chi connectivity index (χ4v) is 1.77. The molecule has 20 heavy (non-hydrogen) atoms. The first kappa shape index (κ1) is 15.8. The molecule has 1 aliphatic rings. The zero-order valence-corrected chi connectivity index (χ0v) is 11.8. The highest BCUT2D eigenvalue weighted by Crippen LogP contribution is 2.24. The van der Waals surface area contributed by atoms with Crippen LogP contribution < -0.4 is 5.32 Å². The minimum Gasteiger partial charge on any atom is -0.458 e. The van der Waals surface area contributed by atoms with E-state index in [1.165, 1.54) is 12.2 Å². The van der Waals surface area contributed by atoms with Gasteiger partial charge in [0.25, 0.3) is 0 Å². The lowest BCUT2D eigenvalue weighted by atomic mass is 9.98. The van der Waals surface area contributed by atoms with Crippen LogP contribution in [0.2, 0.25) is 0 Å². The quantitative estimate of drug-likeness (QED) is 0.594. The molecule has 0 aromatic heterocycles. The number of hydrogen-bond donors (Lipinski definition) is 1. The summed E-state index contributed by atoms with van der Waals surface area (Å²) in [7, 11) is 0. The van der Waals surface area contributed by atoms with E-state index in [0.29, 0.717) is 22.5 Å². The Kier molecular flexibility index (Phi) is 5.77. The van der Waals surface area contributed by atoms with E-state index in [-0.39, 0.29) is 19.6 Å². The fourth-order valence-electron chi connectivity index (χ4n) is 1.77. The van der Waals surface area contributed by atoms with Crippen molar-refractivity contribution in [2.45, 2.75) is 20.3 Å². The second-order valence-corrected chi connectivity index (χ2v) is 4.28. The van der Waals surface area contributed by atoms with E-state index in [2.05, 4.69) is 18.5 Å². The fraction of sp³-hybridized carbons (Fsp3) is 0.333. The maximum atomic E-state index is 11.9. The first-order chi connectivity index (χ1) is 9.51. The molecule has 1 N–H and O–H groups in total. The van der Waals surface area contributed by atoms with Gasteiger partial charge < -0.3 is 14.8 Å². The molecule has 1 aliphatic heterocycles. The summed E-state index contributed by atoms with van der Waals surface area (Å²) < 4.78 is 10.00. The maximum absolute atomic E-state index is 11.9. The van der Waals surface area contributed by atoms with Crippen LogP contribution in [0.5, 0.6) is 0 Å². The van der Waals surface area contributed by atoms with E-state index < -0.39 is 11.9 Å². The zero-order valence-electron chi connectivity index (χ0n) is 11.8. The minimum atomic E-state index is -0.462. The lowest BCUT2D eigenvalue weighted by molar-refractivity contribution is -0.138. The topological polar surface area (TPSA) is 64.6 Å².